The van der Waals surface area contributed by atoms with Crippen molar-refractivity contribution in [2.24, 2.45) is 0 Å². The van der Waals surface area contributed by atoms with Gasteiger partial charge < -0.3 is 13.3 Å². The maximum absolute atomic E-state index is 5.90. The highest BCUT2D eigenvalue weighted by molar-refractivity contribution is 6.60. The van der Waals surface area contributed by atoms with E-state index in [9.17, 15) is 0 Å². The zero-order valence-corrected chi connectivity index (χ0v) is 13.1. The lowest BCUT2D eigenvalue weighted by molar-refractivity contribution is 0.0956. The molecule has 0 aromatic carbocycles. The largest absolute Gasteiger partial charge is 0.500 e. The minimum absolute atomic E-state index is 0.773. The van der Waals surface area contributed by atoms with Gasteiger partial charge in [0.15, 0.2) is 0 Å². The Morgan fingerprint density at radius 1 is 0.765 bits per heavy atom. The second kappa shape index (κ2) is 11.2. The molecule has 0 N–H and O–H groups in total. The molecule has 0 radical (unpaired) electrons. The van der Waals surface area contributed by atoms with Gasteiger partial charge >= 0.3 is 8.80 Å². The van der Waals surface area contributed by atoms with Crippen molar-refractivity contribution < 1.29 is 13.3 Å². The average molecular weight is 262 g/mol. The SMILES string of the molecule is CCCCCC[Si](OC)(OC)OCCCCC. The Hall–Kier alpha value is 0.0969. The van der Waals surface area contributed by atoms with Crippen LogP contribution >= 0.6 is 0 Å². The van der Waals surface area contributed by atoms with E-state index in [1.807, 2.05) is 0 Å². The molecule has 0 aliphatic rings. The van der Waals surface area contributed by atoms with E-state index in [4.69, 9.17) is 13.3 Å². The van der Waals surface area contributed by atoms with E-state index in [0.717, 1.165) is 25.5 Å². The Morgan fingerprint density at radius 2 is 1.35 bits per heavy atom. The molecule has 0 spiro atoms. The smallest absolute Gasteiger partial charge is 0.377 e. The fourth-order valence-corrected chi connectivity index (χ4v) is 3.92. The van der Waals surface area contributed by atoms with Crippen LogP contribution in [0.2, 0.25) is 6.04 Å². The Balaban J connectivity index is 3.88. The molecule has 0 unspecified atom stereocenters. The number of hydrogen-bond acceptors (Lipinski definition) is 3. The van der Waals surface area contributed by atoms with Crippen LogP contribution in [0.4, 0.5) is 0 Å². The monoisotopic (exact) mass is 262 g/mol. The molecule has 0 aliphatic heterocycles. The van der Waals surface area contributed by atoms with E-state index in [0.29, 0.717) is 0 Å². The lowest BCUT2D eigenvalue weighted by atomic mass is 10.2. The van der Waals surface area contributed by atoms with Crippen molar-refractivity contribution in [3.63, 3.8) is 0 Å². The Kier molecular flexibility index (Phi) is 11.3. The van der Waals surface area contributed by atoms with Crippen molar-refractivity contribution >= 4 is 8.80 Å². The van der Waals surface area contributed by atoms with Gasteiger partial charge in [-0.15, -0.1) is 0 Å². The van der Waals surface area contributed by atoms with Crippen molar-refractivity contribution in [3.8, 4) is 0 Å². The van der Waals surface area contributed by atoms with Crippen LogP contribution < -0.4 is 0 Å². The number of rotatable bonds is 12. The molecule has 3 nitrogen and oxygen atoms in total. The van der Waals surface area contributed by atoms with Gasteiger partial charge in [-0.05, 0) is 12.8 Å². The van der Waals surface area contributed by atoms with Crippen molar-refractivity contribution in [1.29, 1.82) is 0 Å². The third kappa shape index (κ3) is 7.92. The molecule has 0 fully saturated rings. The number of hydrogen-bond donors (Lipinski definition) is 0. The first-order chi connectivity index (χ1) is 8.24. The van der Waals surface area contributed by atoms with E-state index in [2.05, 4.69) is 13.8 Å². The van der Waals surface area contributed by atoms with Gasteiger partial charge in [-0.2, -0.15) is 0 Å². The quantitative estimate of drug-likeness (QED) is 0.393. The Labute approximate surface area is 108 Å². The Bertz CT molecular complexity index is 147. The topological polar surface area (TPSA) is 27.7 Å². The molecule has 0 aromatic heterocycles. The predicted molar refractivity (Wildman–Crippen MR) is 74.2 cm³/mol. The zero-order valence-electron chi connectivity index (χ0n) is 12.1. The summed E-state index contributed by atoms with van der Waals surface area (Å²) in [5, 5.41) is 0. The van der Waals surface area contributed by atoms with Gasteiger partial charge in [-0.1, -0.05) is 46.0 Å². The van der Waals surface area contributed by atoms with Gasteiger partial charge in [0.25, 0.3) is 0 Å². The summed E-state index contributed by atoms with van der Waals surface area (Å²) >= 11 is 0. The predicted octanol–water partition coefficient (Wildman–Crippen LogP) is 4.01. The molecule has 0 atom stereocenters. The van der Waals surface area contributed by atoms with Crippen molar-refractivity contribution in [1.82, 2.24) is 0 Å². The minimum Gasteiger partial charge on any atom is -0.377 e. The summed E-state index contributed by atoms with van der Waals surface area (Å²) in [7, 11) is 1.09. The summed E-state index contributed by atoms with van der Waals surface area (Å²) in [4.78, 5) is 0. The van der Waals surface area contributed by atoms with E-state index in [1.54, 1.807) is 14.2 Å². The summed E-state index contributed by atoms with van der Waals surface area (Å²) < 4.78 is 17.0. The van der Waals surface area contributed by atoms with Gasteiger partial charge in [0.1, 0.15) is 0 Å². The van der Waals surface area contributed by atoms with Crippen LogP contribution in [0.15, 0.2) is 0 Å². The summed E-state index contributed by atoms with van der Waals surface area (Å²) in [6, 6.07) is 0.951. The summed E-state index contributed by atoms with van der Waals surface area (Å²) in [6.45, 7) is 5.19. The molecular formula is C13H30O3Si. The second-order valence-corrected chi connectivity index (χ2v) is 7.43. The molecule has 0 bridgehead atoms. The van der Waals surface area contributed by atoms with Crippen LogP contribution in [0.25, 0.3) is 0 Å². The maximum atomic E-state index is 5.90. The highest BCUT2D eigenvalue weighted by Crippen LogP contribution is 2.19. The number of unbranched alkanes of at least 4 members (excludes halogenated alkanes) is 5. The van der Waals surface area contributed by atoms with Gasteiger partial charge in [-0.25, -0.2) is 0 Å². The molecule has 4 heteroatoms. The third-order valence-electron chi connectivity index (χ3n) is 3.03. The van der Waals surface area contributed by atoms with Crippen LogP contribution in [-0.4, -0.2) is 29.6 Å². The summed E-state index contributed by atoms with van der Waals surface area (Å²) in [5.74, 6) is 0. The highest BCUT2D eigenvalue weighted by atomic mass is 28.4. The van der Waals surface area contributed by atoms with E-state index in [1.165, 1.54) is 32.1 Å². The van der Waals surface area contributed by atoms with Crippen molar-refractivity contribution in [2.45, 2.75) is 64.8 Å². The molecule has 0 rings (SSSR count). The molecule has 0 heterocycles. The fraction of sp³-hybridized carbons (Fsp3) is 1.00. The summed E-state index contributed by atoms with van der Waals surface area (Å²) in [5.41, 5.74) is 0. The molecular weight excluding hydrogens is 232 g/mol. The van der Waals surface area contributed by atoms with Crippen LogP contribution in [0.1, 0.15) is 58.8 Å². The van der Waals surface area contributed by atoms with Gasteiger partial charge in [0, 0.05) is 26.9 Å². The fourth-order valence-electron chi connectivity index (χ4n) is 1.83. The third-order valence-corrected chi connectivity index (χ3v) is 5.88. The van der Waals surface area contributed by atoms with Crippen LogP contribution in [-0.2, 0) is 13.3 Å². The van der Waals surface area contributed by atoms with Crippen LogP contribution in [0.5, 0.6) is 0 Å². The molecule has 0 saturated heterocycles. The second-order valence-electron chi connectivity index (χ2n) is 4.46. The summed E-state index contributed by atoms with van der Waals surface area (Å²) in [6.07, 6.45) is 8.47. The average Bonchev–Trinajstić information content (AvgIpc) is 2.37. The van der Waals surface area contributed by atoms with Gasteiger partial charge in [-0.3, -0.25) is 0 Å². The normalized spacial score (nSPS) is 12.0. The molecule has 0 aromatic rings. The lowest BCUT2D eigenvalue weighted by Gasteiger charge is -2.26. The molecule has 0 amide bonds. The first kappa shape index (κ1) is 17.1. The highest BCUT2D eigenvalue weighted by Gasteiger charge is 2.37. The maximum Gasteiger partial charge on any atom is 0.500 e. The molecule has 17 heavy (non-hydrogen) atoms. The van der Waals surface area contributed by atoms with E-state index >= 15 is 0 Å². The minimum atomic E-state index is -2.34. The van der Waals surface area contributed by atoms with E-state index in [-0.39, 0.29) is 0 Å². The lowest BCUT2D eigenvalue weighted by Crippen LogP contribution is -2.44. The van der Waals surface area contributed by atoms with Gasteiger partial charge in [0.2, 0.25) is 0 Å². The zero-order chi connectivity index (χ0) is 13.0. The molecule has 0 saturated carbocycles. The molecule has 104 valence electrons. The first-order valence-electron chi connectivity index (χ1n) is 6.99. The van der Waals surface area contributed by atoms with E-state index < -0.39 is 8.80 Å². The van der Waals surface area contributed by atoms with Crippen LogP contribution in [0, 0.1) is 0 Å². The van der Waals surface area contributed by atoms with Crippen molar-refractivity contribution in [3.05, 3.63) is 0 Å². The first-order valence-corrected chi connectivity index (χ1v) is 8.92. The van der Waals surface area contributed by atoms with Gasteiger partial charge in [0.05, 0.1) is 0 Å². The molecule has 0 aliphatic carbocycles. The standard InChI is InChI=1S/C13H30O3Si/c1-5-7-9-11-13-17(14-3,15-4)16-12-10-8-6-2/h5-13H2,1-4H3. The van der Waals surface area contributed by atoms with Crippen molar-refractivity contribution in [2.75, 3.05) is 20.8 Å². The van der Waals surface area contributed by atoms with Crippen LogP contribution in [0.3, 0.4) is 0 Å². The Morgan fingerprint density at radius 3 is 1.88 bits per heavy atom.